The monoisotopic (exact) mass is 318 g/mol. The second kappa shape index (κ2) is 7.20. The molecule has 2 amide bonds. The van der Waals surface area contributed by atoms with Gasteiger partial charge in [0, 0.05) is 13.1 Å². The molecule has 2 aliphatic rings. The van der Waals surface area contributed by atoms with Crippen LogP contribution in [0.2, 0.25) is 0 Å². The summed E-state index contributed by atoms with van der Waals surface area (Å²) < 4.78 is 5.08. The van der Waals surface area contributed by atoms with Crippen molar-refractivity contribution in [1.29, 1.82) is 0 Å². The fourth-order valence-corrected chi connectivity index (χ4v) is 4.15. The SMILES string of the molecule is CN(CC(=O)N[C@@H]1CC[C@@H]2CCCC[C@@H]2C1)C(=O)c1ccco1. The summed E-state index contributed by atoms with van der Waals surface area (Å²) in [5.74, 6) is 1.58. The highest BCUT2D eigenvalue weighted by Gasteiger charge is 2.32. The van der Waals surface area contributed by atoms with E-state index in [1.807, 2.05) is 0 Å². The van der Waals surface area contributed by atoms with E-state index in [1.54, 1.807) is 19.2 Å². The zero-order valence-electron chi connectivity index (χ0n) is 13.8. The zero-order valence-corrected chi connectivity index (χ0v) is 13.8. The first-order valence-electron chi connectivity index (χ1n) is 8.72. The first kappa shape index (κ1) is 16.1. The summed E-state index contributed by atoms with van der Waals surface area (Å²) in [6.45, 7) is 0.0735. The quantitative estimate of drug-likeness (QED) is 0.928. The number of carbonyl (C=O) groups excluding carboxylic acids is 2. The van der Waals surface area contributed by atoms with Crippen molar-refractivity contribution in [2.24, 2.45) is 11.8 Å². The number of hydrogen-bond donors (Lipinski definition) is 1. The third-order valence-corrected chi connectivity index (χ3v) is 5.36. The van der Waals surface area contributed by atoms with Crippen LogP contribution in [0.15, 0.2) is 22.8 Å². The predicted molar refractivity (Wildman–Crippen MR) is 86.9 cm³/mol. The number of rotatable bonds is 4. The topological polar surface area (TPSA) is 62.6 Å². The highest BCUT2D eigenvalue weighted by atomic mass is 16.3. The van der Waals surface area contributed by atoms with E-state index < -0.39 is 0 Å². The lowest BCUT2D eigenvalue weighted by molar-refractivity contribution is -0.122. The summed E-state index contributed by atoms with van der Waals surface area (Å²) in [6, 6.07) is 3.55. The average molecular weight is 318 g/mol. The van der Waals surface area contributed by atoms with E-state index in [4.69, 9.17) is 4.42 Å². The van der Waals surface area contributed by atoms with E-state index in [0.29, 0.717) is 0 Å². The summed E-state index contributed by atoms with van der Waals surface area (Å²) in [5.41, 5.74) is 0. The van der Waals surface area contributed by atoms with Gasteiger partial charge in [-0.1, -0.05) is 25.7 Å². The molecule has 1 N–H and O–H groups in total. The van der Waals surface area contributed by atoms with Crippen LogP contribution in [0.25, 0.3) is 0 Å². The van der Waals surface area contributed by atoms with Crippen molar-refractivity contribution < 1.29 is 14.0 Å². The number of nitrogens with zero attached hydrogens (tertiary/aromatic N) is 1. The molecular formula is C18H26N2O3. The molecule has 126 valence electrons. The Balaban J connectivity index is 1.46. The van der Waals surface area contributed by atoms with Gasteiger partial charge in [-0.3, -0.25) is 9.59 Å². The van der Waals surface area contributed by atoms with Crippen LogP contribution < -0.4 is 5.32 Å². The second-order valence-corrected chi connectivity index (χ2v) is 7.02. The molecule has 1 aromatic heterocycles. The summed E-state index contributed by atoms with van der Waals surface area (Å²) in [5, 5.41) is 3.12. The number of nitrogens with one attached hydrogen (secondary N) is 1. The molecule has 0 spiro atoms. The van der Waals surface area contributed by atoms with E-state index in [0.717, 1.165) is 24.7 Å². The van der Waals surface area contributed by atoms with Crippen LogP contribution >= 0.6 is 0 Å². The Kier molecular flexibility index (Phi) is 5.03. The van der Waals surface area contributed by atoms with Crippen molar-refractivity contribution in [1.82, 2.24) is 10.2 Å². The average Bonchev–Trinajstić information content (AvgIpc) is 3.08. The predicted octanol–water partition coefficient (Wildman–Crippen LogP) is 2.83. The van der Waals surface area contributed by atoms with E-state index in [-0.39, 0.29) is 30.2 Å². The Hall–Kier alpha value is -1.78. The Morgan fingerprint density at radius 2 is 2.00 bits per heavy atom. The molecule has 2 fully saturated rings. The van der Waals surface area contributed by atoms with Crippen molar-refractivity contribution in [2.45, 2.75) is 51.0 Å². The molecular weight excluding hydrogens is 292 g/mol. The van der Waals surface area contributed by atoms with E-state index in [9.17, 15) is 9.59 Å². The lowest BCUT2D eigenvalue weighted by Crippen LogP contribution is -2.45. The lowest BCUT2D eigenvalue weighted by Gasteiger charge is -2.39. The van der Waals surface area contributed by atoms with Crippen LogP contribution in [0.4, 0.5) is 0 Å². The molecule has 0 radical (unpaired) electrons. The number of fused-ring (bicyclic) bond motifs is 1. The maximum Gasteiger partial charge on any atom is 0.289 e. The third kappa shape index (κ3) is 3.95. The van der Waals surface area contributed by atoms with Gasteiger partial charge in [-0.05, 0) is 43.2 Å². The first-order valence-corrected chi connectivity index (χ1v) is 8.72. The molecule has 0 unspecified atom stereocenters. The van der Waals surface area contributed by atoms with E-state index in [2.05, 4.69) is 5.32 Å². The normalized spacial score (nSPS) is 27.1. The van der Waals surface area contributed by atoms with Crippen LogP contribution in [0.1, 0.15) is 55.5 Å². The minimum Gasteiger partial charge on any atom is -0.459 e. The molecule has 1 aromatic rings. The van der Waals surface area contributed by atoms with Gasteiger partial charge in [0.2, 0.25) is 5.91 Å². The number of carbonyl (C=O) groups is 2. The number of amides is 2. The molecule has 0 aliphatic heterocycles. The standard InChI is InChI=1S/C18H26N2O3/c1-20(18(22)16-7-4-10-23-16)12-17(21)19-15-9-8-13-5-2-3-6-14(13)11-15/h4,7,10,13-15H,2-3,5-6,8-9,11-12H2,1H3,(H,19,21)/t13-,14+,15+/m0/s1. The van der Waals surface area contributed by atoms with Crippen LogP contribution in [0.5, 0.6) is 0 Å². The van der Waals surface area contributed by atoms with E-state index >= 15 is 0 Å². The van der Waals surface area contributed by atoms with Gasteiger partial charge in [-0.15, -0.1) is 0 Å². The maximum atomic E-state index is 12.2. The highest BCUT2D eigenvalue weighted by Crippen LogP contribution is 2.40. The minimum absolute atomic E-state index is 0.0735. The zero-order chi connectivity index (χ0) is 16.2. The second-order valence-electron chi connectivity index (χ2n) is 7.02. The molecule has 0 saturated heterocycles. The highest BCUT2D eigenvalue weighted by molar-refractivity contribution is 5.94. The molecule has 5 heteroatoms. The lowest BCUT2D eigenvalue weighted by atomic mass is 9.69. The summed E-state index contributed by atoms with van der Waals surface area (Å²) in [4.78, 5) is 25.7. The Morgan fingerprint density at radius 1 is 1.22 bits per heavy atom. The van der Waals surface area contributed by atoms with Crippen molar-refractivity contribution >= 4 is 11.8 Å². The van der Waals surface area contributed by atoms with Crippen molar-refractivity contribution in [3.8, 4) is 0 Å². The largest absolute Gasteiger partial charge is 0.459 e. The van der Waals surface area contributed by atoms with Gasteiger partial charge in [-0.25, -0.2) is 0 Å². The Morgan fingerprint density at radius 3 is 2.74 bits per heavy atom. The molecule has 2 aliphatic carbocycles. The Labute approximate surface area is 137 Å². The van der Waals surface area contributed by atoms with Gasteiger partial charge in [0.25, 0.3) is 5.91 Å². The minimum atomic E-state index is -0.263. The van der Waals surface area contributed by atoms with Crippen molar-refractivity contribution in [2.75, 3.05) is 13.6 Å². The maximum absolute atomic E-state index is 12.2. The number of furan rings is 1. The summed E-state index contributed by atoms with van der Waals surface area (Å²) >= 11 is 0. The molecule has 5 nitrogen and oxygen atoms in total. The molecule has 0 bridgehead atoms. The van der Waals surface area contributed by atoms with Crippen LogP contribution in [0, 0.1) is 11.8 Å². The fourth-order valence-electron chi connectivity index (χ4n) is 4.15. The van der Waals surface area contributed by atoms with Gasteiger partial charge in [0.1, 0.15) is 0 Å². The van der Waals surface area contributed by atoms with Gasteiger partial charge in [0.15, 0.2) is 5.76 Å². The first-order chi connectivity index (χ1) is 11.1. The molecule has 0 aromatic carbocycles. The van der Waals surface area contributed by atoms with Gasteiger partial charge < -0.3 is 14.6 Å². The van der Waals surface area contributed by atoms with Crippen LogP contribution in [0.3, 0.4) is 0 Å². The smallest absolute Gasteiger partial charge is 0.289 e. The van der Waals surface area contributed by atoms with Gasteiger partial charge in [0.05, 0.1) is 12.8 Å². The molecule has 1 heterocycles. The van der Waals surface area contributed by atoms with E-state index in [1.165, 1.54) is 43.3 Å². The van der Waals surface area contributed by atoms with Gasteiger partial charge in [-0.2, -0.15) is 0 Å². The summed E-state index contributed by atoms with van der Waals surface area (Å²) in [6.07, 6.45) is 10.3. The van der Waals surface area contributed by atoms with Crippen molar-refractivity contribution in [3.63, 3.8) is 0 Å². The van der Waals surface area contributed by atoms with Crippen LogP contribution in [-0.2, 0) is 4.79 Å². The molecule has 2 saturated carbocycles. The van der Waals surface area contributed by atoms with Crippen molar-refractivity contribution in [3.05, 3.63) is 24.2 Å². The number of likely N-dealkylation sites (N-methyl/N-ethyl adjacent to an activating group) is 1. The fraction of sp³-hybridized carbons (Fsp3) is 0.667. The number of hydrogen-bond acceptors (Lipinski definition) is 3. The van der Waals surface area contributed by atoms with Crippen LogP contribution in [-0.4, -0.2) is 36.3 Å². The summed E-state index contributed by atoms with van der Waals surface area (Å²) in [7, 11) is 1.63. The molecule has 3 atom stereocenters. The molecule has 3 rings (SSSR count). The Bertz CT molecular complexity index is 540. The third-order valence-electron chi connectivity index (χ3n) is 5.36. The molecule has 23 heavy (non-hydrogen) atoms. The van der Waals surface area contributed by atoms with Gasteiger partial charge >= 0.3 is 0 Å².